The van der Waals surface area contributed by atoms with Crippen molar-refractivity contribution in [1.29, 1.82) is 0 Å². The van der Waals surface area contributed by atoms with Gasteiger partial charge in [-0.1, -0.05) is 34.8 Å². The van der Waals surface area contributed by atoms with Crippen LogP contribution in [0.2, 0.25) is 15.1 Å². The van der Waals surface area contributed by atoms with Crippen LogP contribution in [0.25, 0.3) is 0 Å². The van der Waals surface area contributed by atoms with Gasteiger partial charge in [-0.15, -0.1) is 23.2 Å². The smallest absolute Gasteiger partial charge is 0.252 e. The minimum atomic E-state index is -1.31. The molecule has 1 saturated carbocycles. The molecule has 1 aliphatic carbocycles. The number of carbonyl (C=O) groups excluding carboxylic acids is 2. The van der Waals surface area contributed by atoms with E-state index in [0.29, 0.717) is 33.6 Å². The molecule has 2 amide bonds. The Morgan fingerprint density at radius 3 is 2.46 bits per heavy atom. The first kappa shape index (κ1) is 26.5. The first-order valence-electron chi connectivity index (χ1n) is 10.5. The van der Waals surface area contributed by atoms with Gasteiger partial charge in [-0.05, 0) is 54.1 Å². The fraction of sp³-hybridized carbons (Fsp3) is 0.250. The lowest BCUT2D eigenvalue weighted by molar-refractivity contribution is -0.117. The molecule has 184 valence electrons. The van der Waals surface area contributed by atoms with Crippen LogP contribution in [0.5, 0.6) is 0 Å². The second-order valence-corrected chi connectivity index (χ2v) is 11.7. The van der Waals surface area contributed by atoms with E-state index in [-0.39, 0.29) is 22.4 Å². The van der Waals surface area contributed by atoms with Crippen LogP contribution >= 0.6 is 69.8 Å². The highest BCUT2D eigenvalue weighted by Gasteiger charge is 2.67. The van der Waals surface area contributed by atoms with E-state index in [4.69, 9.17) is 62.4 Å². The van der Waals surface area contributed by atoms with Crippen LogP contribution in [0, 0.1) is 5.92 Å². The van der Waals surface area contributed by atoms with Crippen molar-refractivity contribution < 1.29 is 14.0 Å². The summed E-state index contributed by atoms with van der Waals surface area (Å²) >= 11 is 32.9. The number of rotatable bonds is 9. The Labute approximate surface area is 231 Å². The summed E-state index contributed by atoms with van der Waals surface area (Å²) in [6.45, 7) is 0.449. The Balaban J connectivity index is 1.35. The number of alkyl halides is 2. The lowest BCUT2D eigenvalue weighted by Crippen LogP contribution is -2.26. The highest BCUT2D eigenvalue weighted by Crippen LogP contribution is 2.65. The second kappa shape index (κ2) is 11.2. The third-order valence-corrected chi connectivity index (χ3v) is 8.10. The van der Waals surface area contributed by atoms with Crippen LogP contribution in [0.4, 0.5) is 5.69 Å². The fourth-order valence-electron chi connectivity index (χ4n) is 3.72. The standard InChI is InChI=1S/C24H19Cl5N2O3S/c25-14-8-13(9-15(26)10-14)20-21(24(20,28)29)23(33)31-16-3-4-19(27)18(11-16)22(32)30-5-7-35-12-17-2-1-6-34-17/h1-4,6,8-11,20-21H,5,7,12H2,(H,30,32)(H,31,33)/t20-,21+/m1/s1. The molecule has 4 rings (SSSR count). The van der Waals surface area contributed by atoms with Crippen molar-refractivity contribution in [2.45, 2.75) is 16.0 Å². The van der Waals surface area contributed by atoms with Crippen molar-refractivity contribution in [1.82, 2.24) is 5.32 Å². The van der Waals surface area contributed by atoms with Gasteiger partial charge >= 0.3 is 0 Å². The molecule has 2 N–H and O–H groups in total. The average Bonchev–Trinajstić information content (AvgIpc) is 3.09. The van der Waals surface area contributed by atoms with E-state index in [1.165, 1.54) is 6.07 Å². The molecule has 0 aliphatic heterocycles. The van der Waals surface area contributed by atoms with Crippen LogP contribution in [-0.4, -0.2) is 28.4 Å². The van der Waals surface area contributed by atoms with Gasteiger partial charge < -0.3 is 15.1 Å². The molecular weight excluding hydrogens is 574 g/mol. The molecular formula is C24H19Cl5N2O3S. The van der Waals surface area contributed by atoms with E-state index in [2.05, 4.69) is 10.6 Å². The lowest BCUT2D eigenvalue weighted by Gasteiger charge is -2.10. The Kier molecular flexibility index (Phi) is 8.52. The van der Waals surface area contributed by atoms with Crippen molar-refractivity contribution in [2.75, 3.05) is 17.6 Å². The number of nitrogens with one attached hydrogen (secondary N) is 2. The van der Waals surface area contributed by atoms with Crippen LogP contribution in [0.1, 0.15) is 27.6 Å². The SMILES string of the molecule is O=C(NCCSCc1ccco1)c1cc(NC(=O)[C@@H]2[C@@H](c3cc(Cl)cc(Cl)c3)C2(Cl)Cl)ccc1Cl. The van der Waals surface area contributed by atoms with Gasteiger partial charge in [-0.2, -0.15) is 11.8 Å². The van der Waals surface area contributed by atoms with Crippen LogP contribution in [0.15, 0.2) is 59.2 Å². The molecule has 1 aromatic heterocycles. The molecule has 35 heavy (non-hydrogen) atoms. The highest BCUT2D eigenvalue weighted by molar-refractivity contribution is 7.98. The summed E-state index contributed by atoms with van der Waals surface area (Å²) in [6, 6.07) is 13.4. The summed E-state index contributed by atoms with van der Waals surface area (Å²) in [5.41, 5.74) is 1.32. The van der Waals surface area contributed by atoms with Crippen LogP contribution in [-0.2, 0) is 10.5 Å². The Morgan fingerprint density at radius 1 is 1.03 bits per heavy atom. The number of hydrogen-bond donors (Lipinski definition) is 2. The van der Waals surface area contributed by atoms with Crippen molar-refractivity contribution in [3.05, 3.63) is 86.7 Å². The first-order chi connectivity index (χ1) is 16.7. The molecule has 0 bridgehead atoms. The number of anilines is 1. The number of benzene rings is 2. The molecule has 1 aliphatic rings. The molecule has 0 radical (unpaired) electrons. The van der Waals surface area contributed by atoms with Gasteiger partial charge in [0.25, 0.3) is 5.91 Å². The van der Waals surface area contributed by atoms with E-state index < -0.39 is 16.2 Å². The topological polar surface area (TPSA) is 71.3 Å². The number of amides is 2. The highest BCUT2D eigenvalue weighted by atomic mass is 35.5. The van der Waals surface area contributed by atoms with Crippen molar-refractivity contribution in [2.24, 2.45) is 5.92 Å². The van der Waals surface area contributed by atoms with Gasteiger partial charge in [-0.25, -0.2) is 0 Å². The monoisotopic (exact) mass is 590 g/mol. The molecule has 0 saturated heterocycles. The van der Waals surface area contributed by atoms with E-state index in [9.17, 15) is 9.59 Å². The Morgan fingerprint density at radius 2 is 1.77 bits per heavy atom. The van der Waals surface area contributed by atoms with Gasteiger partial charge in [0.1, 0.15) is 10.1 Å². The summed E-state index contributed by atoms with van der Waals surface area (Å²) < 4.78 is 3.97. The molecule has 5 nitrogen and oxygen atoms in total. The number of thioether (sulfide) groups is 1. The minimum absolute atomic E-state index is 0.248. The largest absolute Gasteiger partial charge is 0.468 e. The molecule has 1 heterocycles. The molecule has 2 atom stereocenters. The van der Waals surface area contributed by atoms with Crippen LogP contribution in [0.3, 0.4) is 0 Å². The number of hydrogen-bond acceptors (Lipinski definition) is 4. The maximum absolute atomic E-state index is 13.0. The van der Waals surface area contributed by atoms with Crippen molar-refractivity contribution in [3.63, 3.8) is 0 Å². The summed E-state index contributed by atoms with van der Waals surface area (Å²) in [4.78, 5) is 25.6. The van der Waals surface area contributed by atoms with Crippen molar-refractivity contribution >= 4 is 87.3 Å². The molecule has 2 aromatic carbocycles. The number of carbonyl (C=O) groups is 2. The molecule has 0 unspecified atom stereocenters. The fourth-order valence-corrected chi connectivity index (χ4v) is 6.05. The molecule has 11 heteroatoms. The minimum Gasteiger partial charge on any atom is -0.468 e. The number of furan rings is 1. The quantitative estimate of drug-likeness (QED) is 0.200. The van der Waals surface area contributed by atoms with E-state index in [1.54, 1.807) is 48.4 Å². The third kappa shape index (κ3) is 6.43. The Bertz CT molecular complexity index is 1220. The van der Waals surface area contributed by atoms with E-state index >= 15 is 0 Å². The Hall–Kier alpha value is -1.54. The summed E-state index contributed by atoms with van der Waals surface area (Å²) in [5.74, 6) is 0.366. The average molecular weight is 593 g/mol. The summed E-state index contributed by atoms with van der Waals surface area (Å²) in [6.07, 6.45) is 1.63. The van der Waals surface area contributed by atoms with Gasteiger partial charge in [0, 0.05) is 33.9 Å². The zero-order valence-electron chi connectivity index (χ0n) is 18.0. The predicted molar refractivity (Wildman–Crippen MR) is 144 cm³/mol. The zero-order chi connectivity index (χ0) is 25.2. The summed E-state index contributed by atoms with van der Waals surface area (Å²) in [7, 11) is 0. The molecule has 3 aromatic rings. The first-order valence-corrected chi connectivity index (χ1v) is 13.5. The van der Waals surface area contributed by atoms with Gasteiger partial charge in [0.15, 0.2) is 0 Å². The van der Waals surface area contributed by atoms with E-state index in [1.807, 2.05) is 12.1 Å². The van der Waals surface area contributed by atoms with Crippen molar-refractivity contribution in [3.8, 4) is 0 Å². The maximum atomic E-state index is 13.0. The summed E-state index contributed by atoms with van der Waals surface area (Å²) in [5, 5.41) is 6.73. The molecule has 0 spiro atoms. The third-order valence-electron chi connectivity index (χ3n) is 5.41. The van der Waals surface area contributed by atoms with Gasteiger partial charge in [0.05, 0.1) is 28.5 Å². The number of halogens is 5. The lowest BCUT2D eigenvalue weighted by atomic mass is 10.1. The normalized spacial score (nSPS) is 18.2. The van der Waals surface area contributed by atoms with Crippen LogP contribution < -0.4 is 10.6 Å². The van der Waals surface area contributed by atoms with Gasteiger partial charge in [0.2, 0.25) is 5.91 Å². The second-order valence-electron chi connectivity index (χ2n) is 7.90. The maximum Gasteiger partial charge on any atom is 0.252 e. The van der Waals surface area contributed by atoms with Gasteiger partial charge in [-0.3, -0.25) is 9.59 Å². The zero-order valence-corrected chi connectivity index (χ0v) is 22.6. The predicted octanol–water partition coefficient (Wildman–Crippen LogP) is 7.43. The molecule has 1 fully saturated rings. The van der Waals surface area contributed by atoms with E-state index in [0.717, 1.165) is 11.5 Å².